The first-order valence-electron chi connectivity index (χ1n) is 3.57. The monoisotopic (exact) mass is 265 g/mol. The molecule has 1 aromatic rings. The average molecular weight is 266 g/mol. The van der Waals surface area contributed by atoms with Gasteiger partial charge in [-0.3, -0.25) is 10.1 Å². The number of ether oxygens (including phenoxy) is 1. The smallest absolute Gasteiger partial charge is 0.208 e. The zero-order valence-corrected chi connectivity index (χ0v) is 9.35. The predicted octanol–water partition coefficient (Wildman–Crippen LogP) is 2.34. The minimum Gasteiger partial charge on any atom is -0.486 e. The van der Waals surface area contributed by atoms with Crippen LogP contribution in [0.4, 0.5) is 0 Å². The highest BCUT2D eigenvalue weighted by Crippen LogP contribution is 2.34. The third-order valence-corrected chi connectivity index (χ3v) is 3.44. The maximum absolute atomic E-state index is 10.1. The SMILES string of the molecule is COc1sc(CC[N+](=O)[O-])cc1Br. The Balaban J connectivity index is 2.62. The van der Waals surface area contributed by atoms with Crippen LogP contribution in [-0.2, 0) is 6.42 Å². The summed E-state index contributed by atoms with van der Waals surface area (Å²) in [4.78, 5) is 10.7. The highest BCUT2D eigenvalue weighted by molar-refractivity contribution is 9.10. The van der Waals surface area contributed by atoms with E-state index in [1.54, 1.807) is 7.11 Å². The van der Waals surface area contributed by atoms with Crippen molar-refractivity contribution in [1.82, 2.24) is 0 Å². The first-order valence-corrected chi connectivity index (χ1v) is 5.18. The quantitative estimate of drug-likeness (QED) is 0.620. The summed E-state index contributed by atoms with van der Waals surface area (Å²) in [6, 6.07) is 1.85. The fourth-order valence-corrected chi connectivity index (χ4v) is 2.54. The van der Waals surface area contributed by atoms with Crippen molar-refractivity contribution in [2.45, 2.75) is 6.42 Å². The fourth-order valence-electron chi connectivity index (χ4n) is 0.861. The summed E-state index contributed by atoms with van der Waals surface area (Å²) in [6.07, 6.45) is 0.458. The van der Waals surface area contributed by atoms with Crippen LogP contribution in [0.15, 0.2) is 10.5 Å². The van der Waals surface area contributed by atoms with Gasteiger partial charge < -0.3 is 4.74 Å². The molecule has 13 heavy (non-hydrogen) atoms. The molecule has 0 saturated carbocycles. The van der Waals surface area contributed by atoms with Crippen LogP contribution < -0.4 is 4.74 Å². The van der Waals surface area contributed by atoms with Gasteiger partial charge in [-0.25, -0.2) is 0 Å². The molecule has 0 spiro atoms. The van der Waals surface area contributed by atoms with Gasteiger partial charge in [0.15, 0.2) is 5.06 Å². The Morgan fingerprint density at radius 3 is 2.92 bits per heavy atom. The second-order valence-corrected chi connectivity index (χ2v) is 4.31. The van der Waals surface area contributed by atoms with Crippen LogP contribution in [0.3, 0.4) is 0 Å². The lowest BCUT2D eigenvalue weighted by atomic mass is 10.3. The molecule has 0 atom stereocenters. The van der Waals surface area contributed by atoms with Crippen molar-refractivity contribution in [3.63, 3.8) is 0 Å². The van der Waals surface area contributed by atoms with Crippen LogP contribution in [0, 0.1) is 10.1 Å². The summed E-state index contributed by atoms with van der Waals surface area (Å²) in [5, 5.41) is 10.9. The minimum absolute atomic E-state index is 0.0316. The zero-order valence-electron chi connectivity index (χ0n) is 6.95. The summed E-state index contributed by atoms with van der Waals surface area (Å²) in [7, 11) is 1.58. The van der Waals surface area contributed by atoms with Crippen molar-refractivity contribution in [2.75, 3.05) is 13.7 Å². The number of methoxy groups -OCH3 is 1. The van der Waals surface area contributed by atoms with Crippen LogP contribution in [0.25, 0.3) is 0 Å². The lowest BCUT2D eigenvalue weighted by Crippen LogP contribution is -2.02. The normalized spacial score (nSPS) is 10.0. The summed E-state index contributed by atoms with van der Waals surface area (Å²) in [5.41, 5.74) is 0. The minimum atomic E-state index is -0.319. The van der Waals surface area contributed by atoms with Crippen molar-refractivity contribution in [1.29, 1.82) is 0 Å². The Bertz CT molecular complexity index is 313. The van der Waals surface area contributed by atoms with Crippen LogP contribution in [0.5, 0.6) is 5.06 Å². The van der Waals surface area contributed by atoms with Gasteiger partial charge in [0.25, 0.3) is 0 Å². The van der Waals surface area contributed by atoms with E-state index in [1.165, 1.54) is 11.3 Å². The topological polar surface area (TPSA) is 52.4 Å². The maximum Gasteiger partial charge on any atom is 0.208 e. The maximum atomic E-state index is 10.1. The molecule has 0 N–H and O–H groups in total. The first kappa shape index (κ1) is 10.5. The van der Waals surface area contributed by atoms with Gasteiger partial charge in [0, 0.05) is 16.2 Å². The van der Waals surface area contributed by atoms with Gasteiger partial charge >= 0.3 is 0 Å². The highest BCUT2D eigenvalue weighted by atomic mass is 79.9. The molecule has 0 amide bonds. The van der Waals surface area contributed by atoms with Gasteiger partial charge in [-0.1, -0.05) is 0 Å². The number of halogens is 1. The first-order chi connectivity index (χ1) is 6.13. The van der Waals surface area contributed by atoms with Crippen LogP contribution in [0.1, 0.15) is 4.88 Å². The molecule has 4 nitrogen and oxygen atoms in total. The molecule has 0 aliphatic heterocycles. The number of nitrogens with zero attached hydrogens (tertiary/aromatic N) is 1. The molecule has 0 aliphatic rings. The lowest BCUT2D eigenvalue weighted by Gasteiger charge is -1.92. The van der Waals surface area contributed by atoms with E-state index < -0.39 is 0 Å². The molecule has 0 bridgehead atoms. The third kappa shape index (κ3) is 2.96. The molecule has 1 heterocycles. The van der Waals surface area contributed by atoms with Crippen molar-refractivity contribution in [3.05, 3.63) is 25.5 Å². The Labute approximate surface area is 87.8 Å². The van der Waals surface area contributed by atoms with E-state index in [-0.39, 0.29) is 11.5 Å². The number of thiophene rings is 1. The van der Waals surface area contributed by atoms with Crippen molar-refractivity contribution in [3.8, 4) is 5.06 Å². The van der Waals surface area contributed by atoms with Gasteiger partial charge in [0.05, 0.1) is 11.6 Å². The lowest BCUT2D eigenvalue weighted by molar-refractivity contribution is -0.479. The summed E-state index contributed by atoms with van der Waals surface area (Å²) < 4.78 is 5.89. The summed E-state index contributed by atoms with van der Waals surface area (Å²) in [5.74, 6) is 0. The van der Waals surface area contributed by atoms with Crippen LogP contribution in [0.2, 0.25) is 0 Å². The molecule has 0 saturated heterocycles. The molecular formula is C7H8BrNO3S. The van der Waals surface area contributed by atoms with E-state index in [4.69, 9.17) is 4.74 Å². The summed E-state index contributed by atoms with van der Waals surface area (Å²) >= 11 is 4.73. The fraction of sp³-hybridized carbons (Fsp3) is 0.429. The Kier molecular flexibility index (Phi) is 3.68. The van der Waals surface area contributed by atoms with Gasteiger partial charge in [-0.15, -0.1) is 11.3 Å². The van der Waals surface area contributed by atoms with Gasteiger partial charge in [-0.2, -0.15) is 0 Å². The molecule has 1 aromatic heterocycles. The third-order valence-electron chi connectivity index (χ3n) is 1.43. The predicted molar refractivity (Wildman–Crippen MR) is 54.1 cm³/mol. The molecule has 0 radical (unpaired) electrons. The number of hydrogen-bond donors (Lipinski definition) is 0. The molecule has 0 unspecified atom stereocenters. The van der Waals surface area contributed by atoms with Crippen LogP contribution >= 0.6 is 27.3 Å². The van der Waals surface area contributed by atoms with Crippen molar-refractivity contribution >= 4 is 27.3 Å². The van der Waals surface area contributed by atoms with E-state index in [1.807, 2.05) is 6.07 Å². The molecule has 72 valence electrons. The number of hydrogen-bond acceptors (Lipinski definition) is 4. The summed E-state index contributed by atoms with van der Waals surface area (Å²) in [6.45, 7) is -0.0316. The number of nitro groups is 1. The Hall–Kier alpha value is -0.620. The van der Waals surface area contributed by atoms with Crippen molar-refractivity contribution < 1.29 is 9.66 Å². The second-order valence-electron chi connectivity index (χ2n) is 2.36. The number of rotatable bonds is 4. The molecule has 1 rings (SSSR count). The molecule has 0 aliphatic carbocycles. The Morgan fingerprint density at radius 1 is 1.77 bits per heavy atom. The molecule has 6 heteroatoms. The highest BCUT2D eigenvalue weighted by Gasteiger charge is 2.08. The molecular weight excluding hydrogens is 258 g/mol. The molecule has 0 aromatic carbocycles. The van der Waals surface area contributed by atoms with Gasteiger partial charge in [0.1, 0.15) is 0 Å². The zero-order chi connectivity index (χ0) is 9.84. The van der Waals surface area contributed by atoms with E-state index in [9.17, 15) is 10.1 Å². The van der Waals surface area contributed by atoms with Crippen molar-refractivity contribution in [2.24, 2.45) is 0 Å². The Morgan fingerprint density at radius 2 is 2.46 bits per heavy atom. The average Bonchev–Trinajstić information content (AvgIpc) is 2.43. The second kappa shape index (κ2) is 4.57. The van der Waals surface area contributed by atoms with E-state index >= 15 is 0 Å². The van der Waals surface area contributed by atoms with Gasteiger partial charge in [-0.05, 0) is 22.0 Å². The van der Waals surface area contributed by atoms with E-state index in [0.29, 0.717) is 6.42 Å². The molecule has 0 fully saturated rings. The van der Waals surface area contributed by atoms with E-state index in [0.717, 1.165) is 14.4 Å². The van der Waals surface area contributed by atoms with E-state index in [2.05, 4.69) is 15.9 Å². The standard InChI is InChI=1S/C7H8BrNO3S/c1-12-7-6(8)4-5(13-7)2-3-9(10)11/h4H,2-3H2,1H3. The largest absolute Gasteiger partial charge is 0.486 e. The van der Waals surface area contributed by atoms with Crippen LogP contribution in [-0.4, -0.2) is 18.6 Å². The van der Waals surface area contributed by atoms with Gasteiger partial charge in [0.2, 0.25) is 6.54 Å².